The van der Waals surface area contributed by atoms with Gasteiger partial charge in [0, 0.05) is 17.9 Å². The number of benzene rings is 2. The molecule has 0 saturated heterocycles. The Morgan fingerprint density at radius 1 is 1.00 bits per heavy atom. The van der Waals surface area contributed by atoms with Gasteiger partial charge in [-0.05, 0) is 68.3 Å². The van der Waals surface area contributed by atoms with Crippen molar-refractivity contribution in [1.82, 2.24) is 4.98 Å². The Balaban J connectivity index is 1.75. The maximum absolute atomic E-state index is 9.62. The fourth-order valence-corrected chi connectivity index (χ4v) is 2.60. The summed E-state index contributed by atoms with van der Waals surface area (Å²) in [6, 6.07) is 19.6. The van der Waals surface area contributed by atoms with Gasteiger partial charge in [-0.25, -0.2) is 4.98 Å². The second-order valence-corrected chi connectivity index (χ2v) is 6.49. The summed E-state index contributed by atoms with van der Waals surface area (Å²) in [5.41, 5.74) is 5.79. The number of nitrogens with zero attached hydrogens (tertiary/aromatic N) is 2. The van der Waals surface area contributed by atoms with E-state index in [2.05, 4.69) is 15.3 Å². The van der Waals surface area contributed by atoms with Gasteiger partial charge in [-0.15, -0.1) is 0 Å². The van der Waals surface area contributed by atoms with Crippen molar-refractivity contribution in [2.24, 2.45) is 4.99 Å². The number of nitrogens with one attached hydrogen (secondary N) is 1. The van der Waals surface area contributed by atoms with Crippen LogP contribution in [0.5, 0.6) is 5.75 Å². The van der Waals surface area contributed by atoms with Crippen LogP contribution in [0.3, 0.4) is 0 Å². The van der Waals surface area contributed by atoms with Crippen molar-refractivity contribution in [3.05, 3.63) is 72.1 Å². The van der Waals surface area contributed by atoms with E-state index in [-0.39, 0.29) is 11.8 Å². The second-order valence-electron chi connectivity index (χ2n) is 6.49. The number of aromatic nitrogens is 1. The van der Waals surface area contributed by atoms with Crippen molar-refractivity contribution in [1.29, 1.82) is 0 Å². The first-order valence-electron chi connectivity index (χ1n) is 8.68. The first kappa shape index (κ1) is 17.7. The molecule has 1 heterocycles. The molecule has 0 aliphatic heterocycles. The van der Waals surface area contributed by atoms with Crippen LogP contribution in [0.2, 0.25) is 0 Å². The average molecular weight is 345 g/mol. The molecule has 26 heavy (non-hydrogen) atoms. The van der Waals surface area contributed by atoms with E-state index in [4.69, 9.17) is 0 Å². The third kappa shape index (κ3) is 4.48. The van der Waals surface area contributed by atoms with Gasteiger partial charge in [-0.2, -0.15) is 0 Å². The Hall–Kier alpha value is -3.14. The van der Waals surface area contributed by atoms with Gasteiger partial charge in [0.25, 0.3) is 0 Å². The smallest absolute Gasteiger partial charge is 0.116 e. The van der Waals surface area contributed by atoms with Crippen LogP contribution in [-0.4, -0.2) is 22.3 Å². The van der Waals surface area contributed by atoms with Crippen LogP contribution in [0.4, 0.5) is 11.4 Å². The number of rotatable bonds is 5. The minimum absolute atomic E-state index is 0.264. The lowest BCUT2D eigenvalue weighted by Crippen LogP contribution is -1.99. The van der Waals surface area contributed by atoms with Crippen molar-refractivity contribution in [3.63, 3.8) is 0 Å². The van der Waals surface area contributed by atoms with E-state index >= 15 is 0 Å². The molecule has 2 N–H and O–H groups in total. The van der Waals surface area contributed by atoms with Gasteiger partial charge < -0.3 is 10.4 Å². The number of aliphatic imine (C=N–C) groups is 1. The van der Waals surface area contributed by atoms with Crippen molar-refractivity contribution < 1.29 is 5.11 Å². The first-order valence-corrected chi connectivity index (χ1v) is 8.68. The van der Waals surface area contributed by atoms with Gasteiger partial charge in [-0.1, -0.05) is 24.3 Å². The highest BCUT2D eigenvalue weighted by Crippen LogP contribution is 2.26. The highest BCUT2D eigenvalue weighted by Gasteiger charge is 2.03. The minimum Gasteiger partial charge on any atom is -0.508 e. The third-order valence-corrected chi connectivity index (χ3v) is 3.96. The first-order chi connectivity index (χ1) is 12.5. The zero-order valence-corrected chi connectivity index (χ0v) is 15.3. The minimum atomic E-state index is 0.264. The normalized spacial score (nSPS) is 11.2. The second kappa shape index (κ2) is 7.83. The maximum atomic E-state index is 9.62. The summed E-state index contributed by atoms with van der Waals surface area (Å²) in [4.78, 5) is 8.95. The van der Waals surface area contributed by atoms with Crippen LogP contribution in [0.1, 0.15) is 25.2 Å². The Bertz CT molecular complexity index is 915. The lowest BCUT2D eigenvalue weighted by atomic mass is 10.1. The summed E-state index contributed by atoms with van der Waals surface area (Å²) < 4.78 is 0. The van der Waals surface area contributed by atoms with Gasteiger partial charge >= 0.3 is 0 Å². The number of aromatic hydroxyl groups is 1. The molecule has 0 amide bonds. The van der Waals surface area contributed by atoms with Crippen LogP contribution >= 0.6 is 0 Å². The van der Waals surface area contributed by atoms with Gasteiger partial charge in [0.2, 0.25) is 0 Å². The predicted octanol–water partition coefficient (Wildman–Crippen LogP) is 5.33. The fraction of sp³-hybridized carbons (Fsp3) is 0.182. The monoisotopic (exact) mass is 345 g/mol. The molecule has 2 aromatic carbocycles. The Morgan fingerprint density at radius 2 is 1.77 bits per heavy atom. The molecule has 0 saturated carbocycles. The van der Waals surface area contributed by atoms with E-state index in [1.165, 1.54) is 0 Å². The van der Waals surface area contributed by atoms with Crippen molar-refractivity contribution >= 4 is 17.6 Å². The molecule has 0 fully saturated rings. The summed E-state index contributed by atoms with van der Waals surface area (Å²) in [6.07, 6.45) is 1.81. The molecule has 1 aromatic heterocycles. The standard InChI is InChI=1S/C22H23N3O/c1-15(2)23-14-20-11-12-22(16(3)24-20)25-19-9-7-17(8-10-19)18-5-4-6-21(26)13-18/h4-15,25-26H,1-3H3. The topological polar surface area (TPSA) is 57.5 Å². The fourth-order valence-electron chi connectivity index (χ4n) is 2.60. The van der Waals surface area contributed by atoms with Crippen LogP contribution < -0.4 is 5.32 Å². The van der Waals surface area contributed by atoms with Gasteiger partial charge in [0.05, 0.1) is 17.1 Å². The molecular formula is C22H23N3O. The third-order valence-electron chi connectivity index (χ3n) is 3.96. The number of phenols is 1. The zero-order chi connectivity index (χ0) is 18.5. The molecule has 3 aromatic rings. The highest BCUT2D eigenvalue weighted by atomic mass is 16.3. The Morgan fingerprint density at radius 3 is 2.42 bits per heavy atom. The number of pyridine rings is 1. The maximum Gasteiger partial charge on any atom is 0.116 e. The van der Waals surface area contributed by atoms with Crippen molar-refractivity contribution in [2.45, 2.75) is 26.8 Å². The molecular weight excluding hydrogens is 322 g/mol. The van der Waals surface area contributed by atoms with Gasteiger partial charge in [-0.3, -0.25) is 4.99 Å². The molecule has 4 heteroatoms. The highest BCUT2D eigenvalue weighted by molar-refractivity contribution is 5.78. The number of hydrogen-bond donors (Lipinski definition) is 2. The molecule has 0 aliphatic carbocycles. The lowest BCUT2D eigenvalue weighted by Gasteiger charge is -2.10. The van der Waals surface area contributed by atoms with Crippen LogP contribution in [0.25, 0.3) is 11.1 Å². The van der Waals surface area contributed by atoms with Crippen molar-refractivity contribution in [2.75, 3.05) is 5.32 Å². The Labute approximate surface area is 154 Å². The Kier molecular flexibility index (Phi) is 5.32. The molecule has 4 nitrogen and oxygen atoms in total. The molecule has 0 aliphatic rings. The van der Waals surface area contributed by atoms with E-state index in [0.29, 0.717) is 0 Å². The van der Waals surface area contributed by atoms with Crippen LogP contribution in [0, 0.1) is 6.92 Å². The summed E-state index contributed by atoms with van der Waals surface area (Å²) in [5, 5.41) is 13.0. The molecule has 0 unspecified atom stereocenters. The van der Waals surface area contributed by atoms with Gasteiger partial charge in [0.15, 0.2) is 0 Å². The molecule has 3 rings (SSSR count). The summed E-state index contributed by atoms with van der Waals surface area (Å²) in [5.74, 6) is 0.271. The summed E-state index contributed by atoms with van der Waals surface area (Å²) >= 11 is 0. The molecule has 0 spiro atoms. The predicted molar refractivity (Wildman–Crippen MR) is 109 cm³/mol. The van der Waals surface area contributed by atoms with Crippen LogP contribution in [-0.2, 0) is 0 Å². The number of hydrogen-bond acceptors (Lipinski definition) is 4. The van der Waals surface area contributed by atoms with E-state index in [1.807, 2.05) is 75.5 Å². The molecule has 0 radical (unpaired) electrons. The molecule has 132 valence electrons. The van der Waals surface area contributed by atoms with E-state index in [9.17, 15) is 5.11 Å². The zero-order valence-electron chi connectivity index (χ0n) is 15.3. The average Bonchev–Trinajstić information content (AvgIpc) is 2.62. The SMILES string of the molecule is Cc1nc(C=NC(C)C)ccc1Nc1ccc(-c2cccc(O)c2)cc1. The summed E-state index contributed by atoms with van der Waals surface area (Å²) in [7, 11) is 0. The van der Waals surface area contributed by atoms with Crippen molar-refractivity contribution in [3.8, 4) is 16.9 Å². The van der Waals surface area contributed by atoms with E-state index in [1.54, 1.807) is 12.1 Å². The van der Waals surface area contributed by atoms with E-state index in [0.717, 1.165) is 33.9 Å². The number of aryl methyl sites for hydroxylation is 1. The molecule has 0 atom stereocenters. The van der Waals surface area contributed by atoms with Crippen LogP contribution in [0.15, 0.2) is 65.7 Å². The van der Waals surface area contributed by atoms with Gasteiger partial charge in [0.1, 0.15) is 5.75 Å². The lowest BCUT2D eigenvalue weighted by molar-refractivity contribution is 0.475. The number of anilines is 2. The summed E-state index contributed by atoms with van der Waals surface area (Å²) in [6.45, 7) is 6.07. The molecule has 0 bridgehead atoms. The number of phenolic OH excluding ortho intramolecular Hbond substituents is 1. The van der Waals surface area contributed by atoms with E-state index < -0.39 is 0 Å². The quantitative estimate of drug-likeness (QED) is 0.614. The largest absolute Gasteiger partial charge is 0.508 e.